The summed E-state index contributed by atoms with van der Waals surface area (Å²) < 4.78 is 129. The van der Waals surface area contributed by atoms with Crippen molar-refractivity contribution in [1.82, 2.24) is 4.98 Å². The molecule has 1 saturated heterocycles. The second-order valence-corrected chi connectivity index (χ2v) is 8.56. The van der Waals surface area contributed by atoms with Gasteiger partial charge in [0.25, 0.3) is 17.8 Å². The van der Waals surface area contributed by atoms with E-state index in [2.05, 4.69) is 10.3 Å². The van der Waals surface area contributed by atoms with E-state index in [1.165, 1.54) is 0 Å². The van der Waals surface area contributed by atoms with Crippen molar-refractivity contribution in [1.29, 1.82) is 0 Å². The number of halogens is 9. The largest absolute Gasteiger partial charge is 0.481 e. The number of nitrogens with one attached hydrogen (secondary N) is 1. The first kappa shape index (κ1) is 25.9. The van der Waals surface area contributed by atoms with Gasteiger partial charge >= 0.3 is 12.4 Å². The fraction of sp³-hybridized carbons (Fsp3) is 0.524. The number of hydrogen-bond donors (Lipinski definition) is 1. The van der Waals surface area contributed by atoms with Crippen LogP contribution in [-0.2, 0) is 6.42 Å². The summed E-state index contributed by atoms with van der Waals surface area (Å²) in [6, 6.07) is 2.18. The molecule has 1 aliphatic carbocycles. The summed E-state index contributed by atoms with van der Waals surface area (Å²) in [6.45, 7) is -1.22. The van der Waals surface area contributed by atoms with Crippen molar-refractivity contribution in [2.75, 3.05) is 23.3 Å². The molecule has 1 unspecified atom stereocenters. The molecule has 0 bridgehead atoms. The van der Waals surface area contributed by atoms with Crippen molar-refractivity contribution in [3.05, 3.63) is 35.5 Å². The van der Waals surface area contributed by atoms with Gasteiger partial charge in [-0.1, -0.05) is 0 Å². The van der Waals surface area contributed by atoms with E-state index >= 15 is 0 Å². The van der Waals surface area contributed by atoms with E-state index in [4.69, 9.17) is 9.15 Å². The number of alkyl halides is 8. The molecule has 0 radical (unpaired) electrons. The predicted octanol–water partition coefficient (Wildman–Crippen LogP) is 5.74. The van der Waals surface area contributed by atoms with E-state index in [1.807, 2.05) is 0 Å². The number of hydrogen-bond acceptors (Lipinski definition) is 5. The Balaban J connectivity index is 1.49. The molecule has 1 N–H and O–H groups in total. The number of oxazole rings is 1. The van der Waals surface area contributed by atoms with Crippen LogP contribution in [0.5, 0.6) is 5.75 Å². The van der Waals surface area contributed by atoms with Gasteiger partial charge in [-0.15, -0.1) is 0 Å². The first-order chi connectivity index (χ1) is 16.6. The quantitative estimate of drug-likeness (QED) is 0.482. The van der Waals surface area contributed by atoms with Crippen LogP contribution in [0.1, 0.15) is 35.5 Å². The lowest BCUT2D eigenvalue weighted by molar-refractivity contribution is -0.180. The van der Waals surface area contributed by atoms with Crippen LogP contribution in [-0.4, -0.2) is 48.4 Å². The highest BCUT2D eigenvalue weighted by molar-refractivity contribution is 6.03. The van der Waals surface area contributed by atoms with Crippen LogP contribution < -0.4 is 15.0 Å². The Morgan fingerprint density at radius 1 is 1.19 bits per heavy atom. The lowest BCUT2D eigenvalue weighted by atomic mass is 10.0. The van der Waals surface area contributed by atoms with Crippen LogP contribution >= 0.6 is 0 Å². The molecule has 1 atom stereocenters. The highest BCUT2D eigenvalue weighted by atomic mass is 19.4. The van der Waals surface area contributed by atoms with Crippen LogP contribution in [0, 0.1) is 11.7 Å². The predicted molar refractivity (Wildman–Crippen MR) is 106 cm³/mol. The Bertz CT molecular complexity index is 1120. The Labute approximate surface area is 197 Å². The minimum atomic E-state index is -4.83. The normalized spacial score (nSPS) is 20.4. The summed E-state index contributed by atoms with van der Waals surface area (Å²) in [5.41, 5.74) is -1.10. The maximum atomic E-state index is 14.4. The number of amides is 1. The third kappa shape index (κ3) is 5.64. The Morgan fingerprint density at radius 2 is 1.89 bits per heavy atom. The van der Waals surface area contributed by atoms with Crippen molar-refractivity contribution in [2.24, 2.45) is 5.92 Å². The number of anilines is 2. The molecule has 0 spiro atoms. The second kappa shape index (κ2) is 9.07. The van der Waals surface area contributed by atoms with Gasteiger partial charge in [-0.05, 0) is 25.0 Å². The highest BCUT2D eigenvalue weighted by Gasteiger charge is 2.49. The topological polar surface area (TPSA) is 67.6 Å². The third-order valence-electron chi connectivity index (χ3n) is 5.78. The minimum absolute atomic E-state index is 0.0160. The molecule has 4 rings (SSSR count). The average molecular weight is 531 g/mol. The number of carbonyl (C=O) groups excluding carboxylic acids is 1. The molecule has 198 valence electrons. The molecular formula is C21H18F9N3O3. The van der Waals surface area contributed by atoms with Gasteiger partial charge in [0.1, 0.15) is 12.2 Å². The van der Waals surface area contributed by atoms with Crippen LogP contribution in [0.4, 0.5) is 51.2 Å². The zero-order chi connectivity index (χ0) is 26.5. The number of benzene rings is 1. The lowest BCUT2D eigenvalue weighted by Gasteiger charge is -2.38. The van der Waals surface area contributed by atoms with E-state index in [9.17, 15) is 44.3 Å². The Hall–Kier alpha value is -3.13. The summed E-state index contributed by atoms with van der Waals surface area (Å²) >= 11 is 0. The number of ether oxygens (including phenoxy) is 1. The van der Waals surface area contributed by atoms with Crippen molar-refractivity contribution >= 4 is 17.6 Å². The van der Waals surface area contributed by atoms with E-state index in [0.29, 0.717) is 6.07 Å². The lowest BCUT2D eigenvalue weighted by Crippen LogP contribution is -2.53. The number of rotatable bonds is 6. The average Bonchev–Trinajstić information content (AvgIpc) is 3.23. The van der Waals surface area contributed by atoms with Gasteiger partial charge in [-0.3, -0.25) is 4.79 Å². The molecule has 2 aromatic rings. The molecule has 1 aromatic carbocycles. The zero-order valence-electron chi connectivity index (χ0n) is 18.2. The maximum Gasteiger partial charge on any atom is 0.396 e. The standard InChI is InChI=1S/C21H18F9N3O3/c22-12-6-11(3-4-13(12)35-15-2-1-5-19(15,23)24)31-17(34)16-14(7-20(25,26)27)36-18(32-16)33-8-10(9-33)21(28,29)30/h3-4,6,10,15H,1-2,5,7-9H2,(H,31,34). The summed E-state index contributed by atoms with van der Waals surface area (Å²) in [4.78, 5) is 17.2. The molecule has 15 heteroatoms. The molecular weight excluding hydrogens is 513 g/mol. The maximum absolute atomic E-state index is 14.4. The fourth-order valence-electron chi connectivity index (χ4n) is 3.85. The summed E-state index contributed by atoms with van der Waals surface area (Å²) in [5.74, 6) is -8.64. The van der Waals surface area contributed by atoms with Gasteiger partial charge in [0, 0.05) is 31.3 Å². The van der Waals surface area contributed by atoms with Crippen LogP contribution in [0.25, 0.3) is 0 Å². The third-order valence-corrected chi connectivity index (χ3v) is 5.78. The van der Waals surface area contributed by atoms with Gasteiger partial charge in [0.15, 0.2) is 23.4 Å². The molecule has 1 aliphatic heterocycles. The van der Waals surface area contributed by atoms with Gasteiger partial charge < -0.3 is 19.4 Å². The van der Waals surface area contributed by atoms with Crippen LogP contribution in [0.2, 0.25) is 0 Å². The van der Waals surface area contributed by atoms with Crippen molar-refractivity contribution in [3.8, 4) is 5.75 Å². The minimum Gasteiger partial charge on any atom is -0.481 e. The van der Waals surface area contributed by atoms with Crippen molar-refractivity contribution in [2.45, 2.75) is 50.1 Å². The summed E-state index contributed by atoms with van der Waals surface area (Å²) in [5, 5.41) is 2.11. The second-order valence-electron chi connectivity index (χ2n) is 8.56. The SMILES string of the molecule is O=C(Nc1ccc(OC2CCCC2(F)F)c(F)c1)c1nc(N2CC(C(F)(F)F)C2)oc1CC(F)(F)F. The van der Waals surface area contributed by atoms with Crippen molar-refractivity contribution < 1.29 is 53.5 Å². The molecule has 36 heavy (non-hydrogen) atoms. The van der Waals surface area contributed by atoms with E-state index in [-0.39, 0.29) is 18.5 Å². The van der Waals surface area contributed by atoms with Crippen LogP contribution in [0.3, 0.4) is 0 Å². The smallest absolute Gasteiger partial charge is 0.396 e. The van der Waals surface area contributed by atoms with Gasteiger partial charge in [0.2, 0.25) is 0 Å². The van der Waals surface area contributed by atoms with Gasteiger partial charge in [-0.2, -0.15) is 31.3 Å². The number of nitrogens with zero attached hydrogens (tertiary/aromatic N) is 2. The Morgan fingerprint density at radius 3 is 2.44 bits per heavy atom. The molecule has 1 amide bonds. The molecule has 1 aromatic heterocycles. The molecule has 2 aliphatic rings. The summed E-state index contributed by atoms with van der Waals surface area (Å²) in [6.07, 6.45) is -12.8. The van der Waals surface area contributed by atoms with Crippen molar-refractivity contribution in [3.63, 3.8) is 0 Å². The molecule has 6 nitrogen and oxygen atoms in total. The molecule has 1 saturated carbocycles. The van der Waals surface area contributed by atoms with E-state index in [0.717, 1.165) is 17.0 Å². The molecule has 2 heterocycles. The van der Waals surface area contributed by atoms with Gasteiger partial charge in [0.05, 0.1) is 5.92 Å². The first-order valence-corrected chi connectivity index (χ1v) is 10.7. The van der Waals surface area contributed by atoms with E-state index in [1.54, 1.807) is 0 Å². The number of aromatic nitrogens is 1. The number of carbonyl (C=O) groups is 1. The van der Waals surface area contributed by atoms with Crippen LogP contribution in [0.15, 0.2) is 22.6 Å². The fourth-order valence-corrected chi connectivity index (χ4v) is 3.85. The summed E-state index contributed by atoms with van der Waals surface area (Å²) in [7, 11) is 0. The first-order valence-electron chi connectivity index (χ1n) is 10.7. The highest BCUT2D eigenvalue weighted by Crippen LogP contribution is 2.39. The Kier molecular flexibility index (Phi) is 6.54. The zero-order valence-corrected chi connectivity index (χ0v) is 18.2. The molecule has 2 fully saturated rings. The van der Waals surface area contributed by atoms with E-state index < -0.39 is 91.2 Å². The van der Waals surface area contributed by atoms with Gasteiger partial charge in [-0.25, -0.2) is 13.2 Å². The monoisotopic (exact) mass is 531 g/mol.